The molecule has 4 aromatic carbocycles. The van der Waals surface area contributed by atoms with Crippen molar-refractivity contribution in [3.05, 3.63) is 113 Å². The smallest absolute Gasteiger partial charge is 0.185 e. The molecule has 0 heterocycles. The third kappa shape index (κ3) is 7.38. The number of para-hydroxylation sites is 1. The first-order valence-corrected chi connectivity index (χ1v) is 11.5. The van der Waals surface area contributed by atoms with E-state index in [0.29, 0.717) is 17.5 Å². The van der Waals surface area contributed by atoms with Gasteiger partial charge in [0.05, 0.1) is 0 Å². The summed E-state index contributed by atoms with van der Waals surface area (Å²) in [7, 11) is 0. The van der Waals surface area contributed by atoms with E-state index in [1.54, 1.807) is 48.5 Å². The van der Waals surface area contributed by atoms with Gasteiger partial charge in [-0.05, 0) is 42.3 Å². The quantitative estimate of drug-likeness (QED) is 0.110. The van der Waals surface area contributed by atoms with E-state index >= 15 is 0 Å². The lowest BCUT2D eigenvalue weighted by molar-refractivity contribution is 0.0976. The Morgan fingerprint density at radius 1 is 0.658 bits per heavy atom. The Morgan fingerprint density at radius 2 is 1.29 bits per heavy atom. The molecule has 0 aliphatic heterocycles. The number of carbonyl (C=O) groups is 2. The number of hydrogen-bond acceptors (Lipinski definition) is 8. The molecule has 0 saturated heterocycles. The van der Waals surface area contributed by atoms with E-state index in [2.05, 4.69) is 0 Å². The van der Waals surface area contributed by atoms with Crippen LogP contribution in [0.25, 0.3) is 6.08 Å². The van der Waals surface area contributed by atoms with Gasteiger partial charge in [-0.25, -0.2) is 0 Å². The van der Waals surface area contributed by atoms with E-state index in [-0.39, 0.29) is 40.8 Å². The number of aryl methyl sites for hydroxylation is 1. The molecule has 4 rings (SSSR count). The highest BCUT2D eigenvalue weighted by Gasteiger charge is 2.17. The lowest BCUT2D eigenvalue weighted by atomic mass is 10.0. The molecule has 0 aromatic heterocycles. The highest BCUT2D eigenvalue weighted by atomic mass is 16.3. The zero-order valence-corrected chi connectivity index (χ0v) is 20.2. The molecule has 0 fully saturated rings. The van der Waals surface area contributed by atoms with Crippen molar-refractivity contribution >= 4 is 17.6 Å². The van der Waals surface area contributed by atoms with E-state index in [4.69, 9.17) is 5.11 Å². The Balaban J connectivity index is 0.000000212. The van der Waals surface area contributed by atoms with Crippen molar-refractivity contribution in [2.45, 2.75) is 12.8 Å². The third-order valence-corrected chi connectivity index (χ3v) is 5.46. The lowest BCUT2D eigenvalue weighted by Crippen LogP contribution is -2.02. The second kappa shape index (κ2) is 12.6. The van der Waals surface area contributed by atoms with Crippen LogP contribution in [0.4, 0.5) is 0 Å². The van der Waals surface area contributed by atoms with Crippen LogP contribution in [0, 0.1) is 0 Å². The van der Waals surface area contributed by atoms with E-state index in [1.807, 2.05) is 6.07 Å². The predicted octanol–water partition coefficient (Wildman–Crippen LogP) is 5.32. The molecule has 8 nitrogen and oxygen atoms in total. The Kier molecular flexibility index (Phi) is 9.10. The molecule has 0 aliphatic rings. The molecule has 0 atom stereocenters. The van der Waals surface area contributed by atoms with Crippen molar-refractivity contribution < 1.29 is 40.2 Å². The van der Waals surface area contributed by atoms with E-state index < -0.39 is 17.3 Å². The summed E-state index contributed by atoms with van der Waals surface area (Å²) in [5.74, 6) is -2.06. The van der Waals surface area contributed by atoms with Crippen LogP contribution in [-0.2, 0) is 6.42 Å². The van der Waals surface area contributed by atoms with Crippen molar-refractivity contribution in [1.29, 1.82) is 0 Å². The molecule has 0 spiro atoms. The Labute approximate surface area is 218 Å². The number of Topliss-reactive ketones (excluding diaryl/α,β-unsaturated/α-hetero) is 1. The van der Waals surface area contributed by atoms with E-state index in [1.165, 1.54) is 30.4 Å². The SMILES string of the molecule is O=C(C=Cc1cccc(O)c1O)c1ccccc1.O=C(CCc1ccc(O)cc1)c1c(O)cc(O)cc1O. The molecule has 4 aromatic rings. The van der Waals surface area contributed by atoms with Gasteiger partial charge < -0.3 is 30.6 Å². The van der Waals surface area contributed by atoms with Gasteiger partial charge >= 0.3 is 0 Å². The summed E-state index contributed by atoms with van der Waals surface area (Å²) >= 11 is 0. The van der Waals surface area contributed by atoms with Crippen LogP contribution in [0.15, 0.2) is 91.0 Å². The number of carbonyl (C=O) groups excluding carboxylic acids is 2. The fourth-order valence-electron chi connectivity index (χ4n) is 3.48. The summed E-state index contributed by atoms with van der Waals surface area (Å²) < 4.78 is 0. The molecule has 38 heavy (non-hydrogen) atoms. The number of phenolic OH excluding ortho intramolecular Hbond substituents is 6. The number of rotatable bonds is 7. The summed E-state index contributed by atoms with van der Waals surface area (Å²) in [4.78, 5) is 23.8. The molecule has 0 unspecified atom stereocenters. The van der Waals surface area contributed by atoms with Crippen LogP contribution in [0.1, 0.15) is 38.3 Å². The maximum absolute atomic E-state index is 12.0. The largest absolute Gasteiger partial charge is 0.508 e. The molecule has 0 radical (unpaired) electrons. The average Bonchev–Trinajstić information content (AvgIpc) is 2.89. The number of benzene rings is 4. The first-order chi connectivity index (χ1) is 18.2. The lowest BCUT2D eigenvalue weighted by Gasteiger charge is -2.07. The minimum absolute atomic E-state index is 0.0939. The van der Waals surface area contributed by atoms with Crippen molar-refractivity contribution in [3.63, 3.8) is 0 Å². The maximum atomic E-state index is 12.0. The zero-order valence-electron chi connectivity index (χ0n) is 20.2. The molecular formula is C30H26O8. The Morgan fingerprint density at radius 3 is 1.92 bits per heavy atom. The average molecular weight is 515 g/mol. The minimum Gasteiger partial charge on any atom is -0.508 e. The fraction of sp³-hybridized carbons (Fsp3) is 0.0667. The zero-order chi connectivity index (χ0) is 27.7. The molecule has 8 heteroatoms. The fourth-order valence-corrected chi connectivity index (χ4v) is 3.48. The number of phenols is 6. The first-order valence-electron chi connectivity index (χ1n) is 11.5. The van der Waals surface area contributed by atoms with E-state index in [0.717, 1.165) is 17.7 Å². The monoisotopic (exact) mass is 514 g/mol. The molecule has 0 aliphatic carbocycles. The van der Waals surface area contributed by atoms with Crippen LogP contribution in [-0.4, -0.2) is 42.2 Å². The van der Waals surface area contributed by atoms with Crippen LogP contribution in [0.5, 0.6) is 34.5 Å². The van der Waals surface area contributed by atoms with Gasteiger partial charge in [-0.1, -0.05) is 54.6 Å². The molecule has 0 bridgehead atoms. The molecule has 6 N–H and O–H groups in total. The van der Waals surface area contributed by atoms with Gasteiger partial charge in [0.1, 0.15) is 28.6 Å². The Hall–Kier alpha value is -5.24. The summed E-state index contributed by atoms with van der Waals surface area (Å²) in [6.45, 7) is 0. The molecule has 194 valence electrons. The van der Waals surface area contributed by atoms with Gasteiger partial charge in [0.25, 0.3) is 0 Å². The highest BCUT2D eigenvalue weighted by Crippen LogP contribution is 2.33. The minimum atomic E-state index is -0.446. The maximum Gasteiger partial charge on any atom is 0.185 e. The van der Waals surface area contributed by atoms with Crippen LogP contribution in [0.3, 0.4) is 0 Å². The van der Waals surface area contributed by atoms with E-state index in [9.17, 15) is 35.1 Å². The van der Waals surface area contributed by atoms with Crippen molar-refractivity contribution in [1.82, 2.24) is 0 Å². The summed E-state index contributed by atoms with van der Waals surface area (Å²) in [6.07, 6.45) is 3.35. The predicted molar refractivity (Wildman–Crippen MR) is 142 cm³/mol. The Bertz CT molecular complexity index is 1420. The van der Waals surface area contributed by atoms with Gasteiger partial charge in [0.15, 0.2) is 23.1 Å². The van der Waals surface area contributed by atoms with Crippen molar-refractivity contribution in [2.24, 2.45) is 0 Å². The molecule has 0 saturated carbocycles. The normalized spacial score (nSPS) is 10.5. The first kappa shape index (κ1) is 27.3. The second-order valence-electron chi connectivity index (χ2n) is 8.23. The molecule has 0 amide bonds. The van der Waals surface area contributed by atoms with Crippen LogP contribution >= 0.6 is 0 Å². The van der Waals surface area contributed by atoms with Crippen LogP contribution < -0.4 is 0 Å². The summed E-state index contributed by atoms with van der Waals surface area (Å²) in [5, 5.41) is 56.4. The topological polar surface area (TPSA) is 156 Å². The third-order valence-electron chi connectivity index (χ3n) is 5.46. The number of aromatic hydroxyl groups is 6. The van der Waals surface area contributed by atoms with Gasteiger partial charge in [0, 0.05) is 29.7 Å². The molecular weight excluding hydrogens is 488 g/mol. The number of hydrogen-bond donors (Lipinski definition) is 6. The van der Waals surface area contributed by atoms with Gasteiger partial charge in [0.2, 0.25) is 0 Å². The standard InChI is InChI=1S/C15H14O5.C15H12O3/c16-10-4-1-9(2-5-10)3-6-12(18)15-13(19)7-11(17)8-14(15)20;16-13(11-5-2-1-3-6-11)10-9-12-7-4-8-14(17)15(12)18/h1-2,4-5,7-8,16-17,19-20H,3,6H2;1-10,17-18H. The van der Waals surface area contributed by atoms with Gasteiger partial charge in [-0.2, -0.15) is 0 Å². The van der Waals surface area contributed by atoms with Gasteiger partial charge in [-0.15, -0.1) is 0 Å². The van der Waals surface area contributed by atoms with Crippen molar-refractivity contribution in [2.75, 3.05) is 0 Å². The number of allylic oxidation sites excluding steroid dienone is 1. The highest BCUT2D eigenvalue weighted by molar-refractivity contribution is 6.07. The van der Waals surface area contributed by atoms with Crippen LogP contribution in [0.2, 0.25) is 0 Å². The van der Waals surface area contributed by atoms with Crippen molar-refractivity contribution in [3.8, 4) is 34.5 Å². The summed E-state index contributed by atoms with van der Waals surface area (Å²) in [6, 6.07) is 21.9. The second-order valence-corrected chi connectivity index (χ2v) is 8.23. The van der Waals surface area contributed by atoms with Gasteiger partial charge in [-0.3, -0.25) is 9.59 Å². The summed E-state index contributed by atoms with van der Waals surface area (Å²) in [5.41, 5.74) is 1.64. The number of ketones is 2.